The van der Waals surface area contributed by atoms with E-state index in [0.29, 0.717) is 12.8 Å². The van der Waals surface area contributed by atoms with Crippen LogP contribution in [0.15, 0.2) is 37.0 Å². The van der Waals surface area contributed by atoms with Gasteiger partial charge in [-0.25, -0.2) is 0 Å². The second kappa shape index (κ2) is 21.9. The number of hydrogen-bond donors (Lipinski definition) is 1. The fourth-order valence-electron chi connectivity index (χ4n) is 5.35. The Hall–Kier alpha value is -1.88. The van der Waals surface area contributed by atoms with Gasteiger partial charge in [0.25, 0.3) is 0 Å². The molecule has 0 bridgehead atoms. The molecule has 0 spiro atoms. The van der Waals surface area contributed by atoms with Crippen LogP contribution in [0.1, 0.15) is 130 Å². The predicted molar refractivity (Wildman–Crippen MR) is 161 cm³/mol. The summed E-state index contributed by atoms with van der Waals surface area (Å²) in [5.41, 5.74) is 0. The number of carbonyl (C=O) groups excluding carboxylic acids is 2. The van der Waals surface area contributed by atoms with Crippen molar-refractivity contribution in [2.45, 2.75) is 149 Å². The van der Waals surface area contributed by atoms with Crippen LogP contribution in [0.2, 0.25) is 0 Å². The van der Waals surface area contributed by atoms with Crippen molar-refractivity contribution >= 4 is 11.9 Å². The van der Waals surface area contributed by atoms with E-state index in [9.17, 15) is 14.7 Å². The smallest absolute Gasteiger partial charge is 0.313 e. The summed E-state index contributed by atoms with van der Waals surface area (Å²) in [7, 11) is 0. The van der Waals surface area contributed by atoms with Crippen molar-refractivity contribution in [2.24, 2.45) is 17.8 Å². The SMILES string of the molecule is C=CC(CCCCCCC)C(=O)O[C@@H]1C[C@H](O)[C@H](C/C=C\CCCC(=O)OC(C)C)[C@H]1/C=C/CCCCCC. The monoisotopic (exact) mass is 546 g/mol. The molecule has 224 valence electrons. The Kier molecular flexibility index (Phi) is 19.7. The number of allylic oxidation sites excluding steroid dienone is 3. The molecular weight excluding hydrogens is 488 g/mol. The molecule has 0 aromatic heterocycles. The number of ether oxygens (including phenoxy) is 2. The molecule has 0 heterocycles. The van der Waals surface area contributed by atoms with Crippen LogP contribution in [-0.2, 0) is 19.1 Å². The highest BCUT2D eigenvalue weighted by molar-refractivity contribution is 5.74. The fourth-order valence-corrected chi connectivity index (χ4v) is 5.35. The Morgan fingerprint density at radius 3 is 2.26 bits per heavy atom. The maximum Gasteiger partial charge on any atom is 0.313 e. The van der Waals surface area contributed by atoms with Gasteiger partial charge in [-0.05, 0) is 58.3 Å². The van der Waals surface area contributed by atoms with E-state index in [1.807, 2.05) is 13.8 Å². The van der Waals surface area contributed by atoms with Crippen molar-refractivity contribution in [1.29, 1.82) is 0 Å². The first-order chi connectivity index (χ1) is 18.8. The highest BCUT2D eigenvalue weighted by Crippen LogP contribution is 2.39. The van der Waals surface area contributed by atoms with Crippen molar-refractivity contribution in [3.63, 3.8) is 0 Å². The molecule has 0 aliphatic heterocycles. The van der Waals surface area contributed by atoms with Gasteiger partial charge < -0.3 is 14.6 Å². The first-order valence-electron chi connectivity index (χ1n) is 15.9. The first-order valence-corrected chi connectivity index (χ1v) is 15.9. The Labute approximate surface area is 239 Å². The van der Waals surface area contributed by atoms with Crippen molar-refractivity contribution in [1.82, 2.24) is 0 Å². The summed E-state index contributed by atoms with van der Waals surface area (Å²) in [5.74, 6) is -0.645. The molecule has 1 unspecified atom stereocenters. The van der Waals surface area contributed by atoms with E-state index >= 15 is 0 Å². The van der Waals surface area contributed by atoms with E-state index in [1.54, 1.807) is 6.08 Å². The molecule has 0 aromatic rings. The molecule has 0 amide bonds. The maximum absolute atomic E-state index is 13.1. The normalized spacial score (nSPS) is 22.1. The topological polar surface area (TPSA) is 72.8 Å². The summed E-state index contributed by atoms with van der Waals surface area (Å²) >= 11 is 0. The van der Waals surface area contributed by atoms with Crippen LogP contribution < -0.4 is 0 Å². The zero-order valence-corrected chi connectivity index (χ0v) is 25.5. The van der Waals surface area contributed by atoms with Crippen LogP contribution in [0.4, 0.5) is 0 Å². The minimum atomic E-state index is -0.514. The molecule has 1 aliphatic carbocycles. The average molecular weight is 547 g/mol. The third kappa shape index (κ3) is 15.5. The van der Waals surface area contributed by atoms with Crippen LogP contribution in [0, 0.1) is 17.8 Å². The van der Waals surface area contributed by atoms with E-state index in [-0.39, 0.29) is 41.9 Å². The van der Waals surface area contributed by atoms with Gasteiger partial charge in [0.05, 0.1) is 18.1 Å². The predicted octanol–water partition coefficient (Wildman–Crippen LogP) is 8.65. The van der Waals surface area contributed by atoms with Gasteiger partial charge in [0.1, 0.15) is 6.10 Å². The third-order valence-electron chi connectivity index (χ3n) is 7.64. The highest BCUT2D eigenvalue weighted by Gasteiger charge is 2.43. The summed E-state index contributed by atoms with van der Waals surface area (Å²) in [5, 5.41) is 11.0. The number of esters is 2. The lowest BCUT2D eigenvalue weighted by Gasteiger charge is -2.23. The van der Waals surface area contributed by atoms with Gasteiger partial charge in [-0.15, -0.1) is 6.58 Å². The summed E-state index contributed by atoms with van der Waals surface area (Å²) in [4.78, 5) is 24.8. The van der Waals surface area contributed by atoms with Crippen LogP contribution in [0.3, 0.4) is 0 Å². The standard InChI is InChI=1S/C34H58O5/c1-6-9-11-13-15-20-24-30-29(23-19-16-17-21-25-33(36)38-27(4)5)31(35)26-32(30)39-34(37)28(8-3)22-18-14-12-10-7-2/h8,16,19-20,24,27-32,35H,3,6-7,9-15,17-18,21-23,25-26H2,1-2,4-5H3/b19-16-,24-20+/t28?,29-,30-,31+,32-/m1/s1. The molecule has 0 saturated heterocycles. The van der Waals surface area contributed by atoms with Gasteiger partial charge in [0, 0.05) is 18.8 Å². The van der Waals surface area contributed by atoms with Crippen LogP contribution >= 0.6 is 0 Å². The summed E-state index contributed by atoms with van der Waals surface area (Å²) in [6.07, 6.45) is 25.0. The second-order valence-electron chi connectivity index (χ2n) is 11.5. The minimum Gasteiger partial charge on any atom is -0.463 e. The molecule has 39 heavy (non-hydrogen) atoms. The molecule has 5 heteroatoms. The van der Waals surface area contributed by atoms with E-state index in [0.717, 1.165) is 51.4 Å². The summed E-state index contributed by atoms with van der Waals surface area (Å²) in [6, 6.07) is 0. The van der Waals surface area contributed by atoms with Crippen LogP contribution in [0.5, 0.6) is 0 Å². The zero-order valence-electron chi connectivity index (χ0n) is 25.5. The lowest BCUT2D eigenvalue weighted by molar-refractivity contribution is -0.154. The molecule has 1 rings (SSSR count). The molecular formula is C34H58O5. The number of rotatable bonds is 22. The molecule has 5 atom stereocenters. The highest BCUT2D eigenvalue weighted by atomic mass is 16.5. The molecule has 5 nitrogen and oxygen atoms in total. The fraction of sp³-hybridized carbons (Fsp3) is 0.765. The molecule has 1 aliphatic rings. The minimum absolute atomic E-state index is 0.00388. The van der Waals surface area contributed by atoms with Crippen molar-refractivity contribution in [3.8, 4) is 0 Å². The molecule has 0 aromatic carbocycles. The number of hydrogen-bond acceptors (Lipinski definition) is 5. The van der Waals surface area contributed by atoms with E-state index in [2.05, 4.69) is 44.7 Å². The van der Waals surface area contributed by atoms with Gasteiger partial charge >= 0.3 is 11.9 Å². The summed E-state index contributed by atoms with van der Waals surface area (Å²) in [6.45, 7) is 12.0. The third-order valence-corrected chi connectivity index (χ3v) is 7.64. The summed E-state index contributed by atoms with van der Waals surface area (Å²) < 4.78 is 11.2. The van der Waals surface area contributed by atoms with Crippen LogP contribution in [0.25, 0.3) is 0 Å². The molecule has 1 fully saturated rings. The van der Waals surface area contributed by atoms with E-state index < -0.39 is 6.10 Å². The zero-order chi connectivity index (χ0) is 28.9. The van der Waals surface area contributed by atoms with Gasteiger partial charge in [-0.3, -0.25) is 9.59 Å². The van der Waals surface area contributed by atoms with Gasteiger partial charge in [-0.1, -0.05) is 95.6 Å². The maximum atomic E-state index is 13.1. The quantitative estimate of drug-likeness (QED) is 0.0835. The largest absolute Gasteiger partial charge is 0.463 e. The Morgan fingerprint density at radius 2 is 1.59 bits per heavy atom. The van der Waals surface area contributed by atoms with E-state index in [4.69, 9.17) is 9.47 Å². The van der Waals surface area contributed by atoms with Gasteiger partial charge in [-0.2, -0.15) is 0 Å². The Bertz CT molecular complexity index is 725. The first kappa shape index (κ1) is 35.1. The van der Waals surface area contributed by atoms with Gasteiger partial charge in [0.2, 0.25) is 0 Å². The lowest BCUT2D eigenvalue weighted by atomic mass is 9.89. The second-order valence-corrected chi connectivity index (χ2v) is 11.5. The molecule has 0 radical (unpaired) electrons. The number of unbranched alkanes of at least 4 members (excludes halogenated alkanes) is 9. The molecule has 1 saturated carbocycles. The Morgan fingerprint density at radius 1 is 0.923 bits per heavy atom. The lowest BCUT2D eigenvalue weighted by Crippen LogP contribution is -2.27. The number of aliphatic hydroxyl groups excluding tert-OH is 1. The van der Waals surface area contributed by atoms with Gasteiger partial charge in [0.15, 0.2) is 0 Å². The Balaban J connectivity index is 2.73. The average Bonchev–Trinajstić information content (AvgIpc) is 3.18. The number of aliphatic hydroxyl groups is 1. The number of carbonyl (C=O) groups is 2. The van der Waals surface area contributed by atoms with E-state index in [1.165, 1.54) is 38.5 Å². The molecule has 1 N–H and O–H groups in total. The van der Waals surface area contributed by atoms with Crippen molar-refractivity contribution < 1.29 is 24.2 Å². The van der Waals surface area contributed by atoms with Crippen molar-refractivity contribution in [3.05, 3.63) is 37.0 Å². The van der Waals surface area contributed by atoms with Crippen LogP contribution in [-0.4, -0.2) is 35.4 Å². The van der Waals surface area contributed by atoms with Crippen molar-refractivity contribution in [2.75, 3.05) is 0 Å².